The van der Waals surface area contributed by atoms with Crippen LogP contribution < -0.4 is 5.73 Å². The zero-order valence-electron chi connectivity index (χ0n) is 12.5. The second kappa shape index (κ2) is 5.70. The molecule has 3 nitrogen and oxygen atoms in total. The van der Waals surface area contributed by atoms with E-state index in [1.807, 2.05) is 0 Å². The number of hydrogen-bond acceptors (Lipinski definition) is 3. The summed E-state index contributed by atoms with van der Waals surface area (Å²) in [6, 6.07) is 0.536. The number of halogens is 3. The Morgan fingerprint density at radius 3 is 2.62 bits per heavy atom. The molecule has 0 aromatic heterocycles. The minimum Gasteiger partial charge on any atom is -0.329 e. The summed E-state index contributed by atoms with van der Waals surface area (Å²) in [5.74, 6) is -1.17. The number of rotatable bonds is 2. The van der Waals surface area contributed by atoms with Crippen LogP contribution in [-0.4, -0.2) is 60.3 Å². The zero-order valence-corrected chi connectivity index (χ0v) is 12.5. The van der Waals surface area contributed by atoms with Crippen molar-refractivity contribution in [2.45, 2.75) is 56.3 Å². The summed E-state index contributed by atoms with van der Waals surface area (Å²) in [4.78, 5) is 4.79. The van der Waals surface area contributed by atoms with Crippen LogP contribution in [0.1, 0.15) is 38.5 Å². The highest BCUT2D eigenvalue weighted by Crippen LogP contribution is 2.44. The van der Waals surface area contributed by atoms with Gasteiger partial charge in [-0.25, -0.2) is 0 Å². The van der Waals surface area contributed by atoms with E-state index in [1.165, 1.54) is 12.8 Å². The van der Waals surface area contributed by atoms with Gasteiger partial charge < -0.3 is 5.73 Å². The lowest BCUT2D eigenvalue weighted by molar-refractivity contribution is -0.195. The third-order valence-corrected chi connectivity index (χ3v) is 5.92. The quantitative estimate of drug-likeness (QED) is 0.849. The van der Waals surface area contributed by atoms with Crippen molar-refractivity contribution in [2.24, 2.45) is 11.7 Å². The molecule has 2 N–H and O–H groups in total. The standard InChI is InChI=1S/C15H26F3N3/c16-15(17,18)12-3-1-5-14(9-12,11-19)21-8-7-20-6-2-4-13(20)10-21/h12-13H,1-11,19H2. The van der Waals surface area contributed by atoms with Crippen molar-refractivity contribution in [1.82, 2.24) is 9.80 Å². The third kappa shape index (κ3) is 2.94. The van der Waals surface area contributed by atoms with E-state index in [9.17, 15) is 13.2 Å². The molecule has 0 aromatic carbocycles. The van der Waals surface area contributed by atoms with Crippen LogP contribution in [0.25, 0.3) is 0 Å². The molecule has 0 aromatic rings. The molecule has 3 rings (SSSR count). The number of hydrogen-bond donors (Lipinski definition) is 1. The van der Waals surface area contributed by atoms with Gasteiger partial charge in [0, 0.05) is 37.8 Å². The monoisotopic (exact) mass is 305 g/mol. The van der Waals surface area contributed by atoms with E-state index >= 15 is 0 Å². The zero-order chi connectivity index (χ0) is 15.1. The van der Waals surface area contributed by atoms with Gasteiger partial charge in [0.2, 0.25) is 0 Å². The summed E-state index contributed by atoms with van der Waals surface area (Å²) < 4.78 is 39.4. The predicted molar refractivity (Wildman–Crippen MR) is 76.0 cm³/mol. The normalized spacial score (nSPS) is 39.4. The van der Waals surface area contributed by atoms with Gasteiger partial charge in [0.05, 0.1) is 5.92 Å². The number of fused-ring (bicyclic) bond motifs is 1. The first-order chi connectivity index (χ1) is 9.94. The van der Waals surface area contributed by atoms with Gasteiger partial charge in [-0.2, -0.15) is 13.2 Å². The number of nitrogens with two attached hydrogens (primary N) is 1. The Hall–Kier alpha value is -0.330. The first-order valence-corrected chi connectivity index (χ1v) is 8.20. The number of alkyl halides is 3. The van der Waals surface area contributed by atoms with Crippen LogP contribution in [0.2, 0.25) is 0 Å². The van der Waals surface area contributed by atoms with Gasteiger partial charge in [0.1, 0.15) is 0 Å². The Morgan fingerprint density at radius 1 is 1.10 bits per heavy atom. The molecule has 0 amide bonds. The Morgan fingerprint density at radius 2 is 1.90 bits per heavy atom. The highest BCUT2D eigenvalue weighted by molar-refractivity contribution is 5.01. The molecule has 0 radical (unpaired) electrons. The highest BCUT2D eigenvalue weighted by atomic mass is 19.4. The Bertz CT molecular complexity index is 374. The average molecular weight is 305 g/mol. The molecule has 2 aliphatic heterocycles. The Labute approximate surface area is 124 Å². The van der Waals surface area contributed by atoms with Crippen LogP contribution in [0.15, 0.2) is 0 Å². The van der Waals surface area contributed by atoms with Crippen molar-refractivity contribution >= 4 is 0 Å². The molecule has 21 heavy (non-hydrogen) atoms. The van der Waals surface area contributed by atoms with Crippen LogP contribution in [0, 0.1) is 5.92 Å². The Balaban J connectivity index is 1.73. The van der Waals surface area contributed by atoms with Gasteiger partial charge in [0.15, 0.2) is 0 Å². The summed E-state index contributed by atoms with van der Waals surface area (Å²) >= 11 is 0. The predicted octanol–water partition coefficient (Wildman–Crippen LogP) is 2.22. The van der Waals surface area contributed by atoms with E-state index in [0.29, 0.717) is 19.0 Å². The van der Waals surface area contributed by atoms with E-state index in [2.05, 4.69) is 9.80 Å². The van der Waals surface area contributed by atoms with E-state index in [1.54, 1.807) is 0 Å². The molecule has 3 fully saturated rings. The number of piperazine rings is 1. The minimum atomic E-state index is -4.07. The maximum atomic E-state index is 13.1. The van der Waals surface area contributed by atoms with Crippen LogP contribution in [0.5, 0.6) is 0 Å². The van der Waals surface area contributed by atoms with Crippen molar-refractivity contribution in [2.75, 3.05) is 32.7 Å². The van der Waals surface area contributed by atoms with Crippen molar-refractivity contribution in [3.05, 3.63) is 0 Å². The smallest absolute Gasteiger partial charge is 0.329 e. The minimum absolute atomic E-state index is 0.194. The lowest BCUT2D eigenvalue weighted by Crippen LogP contribution is -2.63. The van der Waals surface area contributed by atoms with Gasteiger partial charge in [0.25, 0.3) is 0 Å². The van der Waals surface area contributed by atoms with E-state index in [-0.39, 0.29) is 12.8 Å². The maximum absolute atomic E-state index is 13.1. The second-order valence-electron chi connectivity index (χ2n) is 7.04. The van der Waals surface area contributed by atoms with Crippen LogP contribution in [0.3, 0.4) is 0 Å². The topological polar surface area (TPSA) is 32.5 Å². The van der Waals surface area contributed by atoms with Crippen molar-refractivity contribution < 1.29 is 13.2 Å². The lowest BCUT2D eigenvalue weighted by Gasteiger charge is -2.52. The average Bonchev–Trinajstić information content (AvgIpc) is 2.93. The molecule has 3 atom stereocenters. The van der Waals surface area contributed by atoms with Gasteiger partial charge in [-0.1, -0.05) is 6.42 Å². The fourth-order valence-corrected chi connectivity index (χ4v) is 4.64. The van der Waals surface area contributed by atoms with Gasteiger partial charge in [-0.15, -0.1) is 0 Å². The first kappa shape index (κ1) is 15.6. The molecule has 1 saturated carbocycles. The molecule has 2 heterocycles. The maximum Gasteiger partial charge on any atom is 0.391 e. The fourth-order valence-electron chi connectivity index (χ4n) is 4.64. The summed E-state index contributed by atoms with van der Waals surface area (Å²) in [6.45, 7) is 4.27. The summed E-state index contributed by atoms with van der Waals surface area (Å²) in [5, 5.41) is 0. The molecule has 2 saturated heterocycles. The highest BCUT2D eigenvalue weighted by Gasteiger charge is 2.50. The fraction of sp³-hybridized carbons (Fsp3) is 1.00. The molecule has 0 bridgehead atoms. The van der Waals surface area contributed by atoms with Crippen molar-refractivity contribution in [1.29, 1.82) is 0 Å². The first-order valence-electron chi connectivity index (χ1n) is 8.20. The number of nitrogens with zero attached hydrogens (tertiary/aromatic N) is 2. The van der Waals surface area contributed by atoms with E-state index in [4.69, 9.17) is 5.73 Å². The summed E-state index contributed by atoms with van der Waals surface area (Å²) in [5.41, 5.74) is 5.57. The molecule has 3 aliphatic rings. The largest absolute Gasteiger partial charge is 0.391 e. The summed E-state index contributed by atoms with van der Waals surface area (Å²) in [7, 11) is 0. The molecule has 122 valence electrons. The van der Waals surface area contributed by atoms with Crippen LogP contribution in [0.4, 0.5) is 13.2 Å². The molecule has 0 spiro atoms. The van der Waals surface area contributed by atoms with Gasteiger partial charge in [-0.05, 0) is 38.6 Å². The molecular formula is C15H26F3N3. The summed E-state index contributed by atoms with van der Waals surface area (Å²) in [6.07, 6.45) is 0.263. The lowest BCUT2D eigenvalue weighted by atomic mass is 9.73. The van der Waals surface area contributed by atoms with Crippen molar-refractivity contribution in [3.8, 4) is 0 Å². The van der Waals surface area contributed by atoms with Crippen LogP contribution >= 0.6 is 0 Å². The third-order valence-electron chi connectivity index (χ3n) is 5.92. The van der Waals surface area contributed by atoms with E-state index in [0.717, 1.165) is 32.6 Å². The van der Waals surface area contributed by atoms with Crippen LogP contribution in [-0.2, 0) is 0 Å². The van der Waals surface area contributed by atoms with Gasteiger partial charge in [-0.3, -0.25) is 9.80 Å². The van der Waals surface area contributed by atoms with Crippen molar-refractivity contribution in [3.63, 3.8) is 0 Å². The SMILES string of the molecule is NCC1(N2CCN3CCCC3C2)CCCC(C(F)(F)F)C1. The molecule has 6 heteroatoms. The molecular weight excluding hydrogens is 279 g/mol. The van der Waals surface area contributed by atoms with Gasteiger partial charge >= 0.3 is 6.18 Å². The van der Waals surface area contributed by atoms with E-state index < -0.39 is 17.6 Å². The second-order valence-corrected chi connectivity index (χ2v) is 7.04. The Kier molecular flexibility index (Phi) is 4.23. The molecule has 1 aliphatic carbocycles. The molecule has 3 unspecified atom stereocenters.